The molecule has 0 saturated carbocycles. The Bertz CT molecular complexity index is 1350. The van der Waals surface area contributed by atoms with Crippen molar-refractivity contribution in [2.45, 2.75) is 380 Å². The molecule has 0 aromatic rings. The normalized spacial score (nSPS) is 12.3. The van der Waals surface area contributed by atoms with Crippen LogP contribution in [0, 0.1) is 0 Å². The fourth-order valence-electron chi connectivity index (χ4n) is 10.3. The van der Waals surface area contributed by atoms with E-state index in [2.05, 4.69) is 69.4 Å². The third-order valence-electron chi connectivity index (χ3n) is 15.6. The summed E-state index contributed by atoms with van der Waals surface area (Å²) in [6.45, 7) is 6.67. The topological polar surface area (TPSA) is 78.9 Å². The van der Waals surface area contributed by atoms with Gasteiger partial charge in [0.2, 0.25) is 0 Å². The van der Waals surface area contributed by atoms with E-state index in [-0.39, 0.29) is 31.1 Å². The summed E-state index contributed by atoms with van der Waals surface area (Å²) < 4.78 is 16.9. The number of carbonyl (C=O) groups excluding carboxylic acids is 3. The lowest BCUT2D eigenvalue weighted by atomic mass is 10.0. The molecular formula is C72H132O6. The van der Waals surface area contributed by atoms with E-state index in [4.69, 9.17) is 14.2 Å². The predicted octanol–water partition coefficient (Wildman–Crippen LogP) is 23.7. The monoisotopic (exact) mass is 1090 g/mol. The summed E-state index contributed by atoms with van der Waals surface area (Å²) in [7, 11) is 0. The number of ether oxygens (including phenoxy) is 3. The van der Waals surface area contributed by atoms with Crippen molar-refractivity contribution in [2.24, 2.45) is 0 Å². The minimum absolute atomic E-state index is 0.0701. The summed E-state index contributed by atoms with van der Waals surface area (Å²) in [6.07, 6.45) is 84.3. The van der Waals surface area contributed by atoms with Gasteiger partial charge >= 0.3 is 17.9 Å². The Kier molecular flexibility index (Phi) is 64.6. The molecule has 0 aromatic heterocycles. The number of rotatable bonds is 64. The fourth-order valence-corrected chi connectivity index (χ4v) is 10.3. The lowest BCUT2D eigenvalue weighted by molar-refractivity contribution is -0.167. The van der Waals surface area contributed by atoms with Crippen LogP contribution in [0.4, 0.5) is 0 Å². The summed E-state index contributed by atoms with van der Waals surface area (Å²) in [5.41, 5.74) is 0. The summed E-state index contributed by atoms with van der Waals surface area (Å²) in [5, 5.41) is 0. The van der Waals surface area contributed by atoms with Crippen LogP contribution >= 0.6 is 0 Å². The first-order valence-electron chi connectivity index (χ1n) is 34.6. The van der Waals surface area contributed by atoms with Crippen molar-refractivity contribution < 1.29 is 28.6 Å². The Morgan fingerprint density at radius 2 is 0.462 bits per heavy atom. The van der Waals surface area contributed by atoms with Gasteiger partial charge in [-0.15, -0.1) is 0 Å². The third-order valence-corrected chi connectivity index (χ3v) is 15.6. The second-order valence-electron chi connectivity index (χ2n) is 23.4. The number of unbranched alkanes of at least 4 members (excludes halogenated alkanes) is 45. The Morgan fingerprint density at radius 1 is 0.256 bits per heavy atom. The average Bonchev–Trinajstić information content (AvgIpc) is 3.44. The van der Waals surface area contributed by atoms with Gasteiger partial charge in [-0.3, -0.25) is 14.4 Å². The van der Waals surface area contributed by atoms with Gasteiger partial charge in [-0.1, -0.05) is 320 Å². The number of allylic oxidation sites excluding steroid dienone is 8. The van der Waals surface area contributed by atoms with Crippen LogP contribution in [0.1, 0.15) is 374 Å². The molecule has 0 heterocycles. The summed E-state index contributed by atoms with van der Waals surface area (Å²) in [6, 6.07) is 0. The van der Waals surface area contributed by atoms with Crippen LogP contribution in [0.2, 0.25) is 0 Å². The highest BCUT2D eigenvalue weighted by molar-refractivity contribution is 5.71. The van der Waals surface area contributed by atoms with Crippen LogP contribution in [-0.2, 0) is 28.6 Å². The first kappa shape index (κ1) is 75.4. The van der Waals surface area contributed by atoms with Crippen LogP contribution < -0.4 is 0 Å². The highest BCUT2D eigenvalue weighted by Gasteiger charge is 2.19. The average molecular weight is 1090 g/mol. The van der Waals surface area contributed by atoms with Crippen molar-refractivity contribution in [1.29, 1.82) is 0 Å². The molecule has 0 bridgehead atoms. The minimum Gasteiger partial charge on any atom is -0.462 e. The molecule has 0 aliphatic rings. The molecule has 0 aliphatic carbocycles. The lowest BCUT2D eigenvalue weighted by Crippen LogP contribution is -2.30. The third kappa shape index (κ3) is 64.2. The largest absolute Gasteiger partial charge is 0.462 e. The van der Waals surface area contributed by atoms with Gasteiger partial charge in [-0.05, 0) is 83.5 Å². The van der Waals surface area contributed by atoms with E-state index in [1.54, 1.807) is 0 Å². The molecule has 0 aromatic carbocycles. The van der Waals surface area contributed by atoms with Gasteiger partial charge in [0, 0.05) is 19.3 Å². The van der Waals surface area contributed by atoms with E-state index in [1.165, 1.54) is 263 Å². The van der Waals surface area contributed by atoms with Gasteiger partial charge in [0.25, 0.3) is 0 Å². The van der Waals surface area contributed by atoms with Crippen molar-refractivity contribution in [3.8, 4) is 0 Å². The van der Waals surface area contributed by atoms with E-state index in [9.17, 15) is 14.4 Å². The Hall–Kier alpha value is -2.63. The van der Waals surface area contributed by atoms with Gasteiger partial charge < -0.3 is 14.2 Å². The quantitative estimate of drug-likeness (QED) is 0.0261. The van der Waals surface area contributed by atoms with Gasteiger partial charge in [-0.25, -0.2) is 0 Å². The van der Waals surface area contributed by atoms with Crippen molar-refractivity contribution in [2.75, 3.05) is 13.2 Å². The molecule has 0 spiro atoms. The van der Waals surface area contributed by atoms with E-state index >= 15 is 0 Å². The molecule has 0 saturated heterocycles. The number of esters is 3. The van der Waals surface area contributed by atoms with Gasteiger partial charge in [0.1, 0.15) is 13.2 Å². The second kappa shape index (κ2) is 66.9. The van der Waals surface area contributed by atoms with E-state index in [0.717, 1.165) is 70.6 Å². The first-order chi connectivity index (χ1) is 38.5. The summed E-state index contributed by atoms with van der Waals surface area (Å²) >= 11 is 0. The Balaban J connectivity index is 4.19. The molecule has 0 fully saturated rings. The lowest BCUT2D eigenvalue weighted by Gasteiger charge is -2.18. The number of hydrogen-bond donors (Lipinski definition) is 0. The fraction of sp³-hybridized carbons (Fsp3) is 0.847. The minimum atomic E-state index is -0.773. The van der Waals surface area contributed by atoms with E-state index < -0.39 is 6.10 Å². The van der Waals surface area contributed by atoms with Gasteiger partial charge in [-0.2, -0.15) is 0 Å². The molecule has 0 amide bonds. The highest BCUT2D eigenvalue weighted by Crippen LogP contribution is 2.18. The maximum atomic E-state index is 12.9. The van der Waals surface area contributed by atoms with Crippen LogP contribution in [0.15, 0.2) is 48.6 Å². The van der Waals surface area contributed by atoms with Crippen molar-refractivity contribution in [1.82, 2.24) is 0 Å². The highest BCUT2D eigenvalue weighted by atomic mass is 16.6. The Labute approximate surface area is 486 Å². The van der Waals surface area contributed by atoms with E-state index in [0.29, 0.717) is 19.3 Å². The van der Waals surface area contributed by atoms with Gasteiger partial charge in [0.05, 0.1) is 0 Å². The molecule has 78 heavy (non-hydrogen) atoms. The molecular weight excluding hydrogens is 961 g/mol. The van der Waals surface area contributed by atoms with Gasteiger partial charge in [0.15, 0.2) is 6.10 Å². The summed E-state index contributed by atoms with van der Waals surface area (Å²) in [4.78, 5) is 38.3. The van der Waals surface area contributed by atoms with Crippen LogP contribution in [0.25, 0.3) is 0 Å². The standard InChI is InChI=1S/C72H132O6/c1-4-7-10-13-16-19-22-24-26-28-30-32-34-36-38-40-42-44-46-48-50-53-56-59-62-65-71(74)77-68-69(67-76-70(73)64-61-58-55-52-21-18-15-12-9-6-3)78-72(75)66-63-60-57-54-51-49-47-45-43-41-39-37-35-33-31-29-27-25-23-20-17-14-11-8-5-2/h22,24,28-31,34,36,69H,4-21,23,25-27,32-33,35,37-68H2,1-3H3/b24-22-,30-28-,31-29-,36-34-. The number of carbonyl (C=O) groups is 3. The SMILES string of the molecule is CCCCCCC/C=C\C/C=C\C/C=C\CCCCCCCCCCCCC(=O)OCC(COC(=O)CCCCCCCCCCCC)OC(=O)CCCCCCCCCCCCCCC/C=C\CCCCCCCCCC. The van der Waals surface area contributed by atoms with Crippen LogP contribution in [-0.4, -0.2) is 37.2 Å². The summed E-state index contributed by atoms with van der Waals surface area (Å²) in [5.74, 6) is -0.853. The smallest absolute Gasteiger partial charge is 0.306 e. The molecule has 0 rings (SSSR count). The second-order valence-corrected chi connectivity index (χ2v) is 23.4. The van der Waals surface area contributed by atoms with Crippen molar-refractivity contribution in [3.63, 3.8) is 0 Å². The molecule has 0 N–H and O–H groups in total. The van der Waals surface area contributed by atoms with Crippen molar-refractivity contribution >= 4 is 17.9 Å². The van der Waals surface area contributed by atoms with Crippen LogP contribution in [0.3, 0.4) is 0 Å². The Morgan fingerprint density at radius 3 is 0.731 bits per heavy atom. The molecule has 456 valence electrons. The zero-order chi connectivity index (χ0) is 56.4. The molecule has 0 radical (unpaired) electrons. The molecule has 1 unspecified atom stereocenters. The molecule has 6 nitrogen and oxygen atoms in total. The maximum absolute atomic E-state index is 12.9. The van der Waals surface area contributed by atoms with Crippen molar-refractivity contribution in [3.05, 3.63) is 48.6 Å². The molecule has 6 heteroatoms. The molecule has 1 atom stereocenters. The zero-order valence-electron chi connectivity index (χ0n) is 52.5. The predicted molar refractivity (Wildman–Crippen MR) is 339 cm³/mol. The van der Waals surface area contributed by atoms with Crippen LogP contribution in [0.5, 0.6) is 0 Å². The zero-order valence-corrected chi connectivity index (χ0v) is 52.5. The van der Waals surface area contributed by atoms with E-state index in [1.807, 2.05) is 0 Å². The maximum Gasteiger partial charge on any atom is 0.306 e. The first-order valence-corrected chi connectivity index (χ1v) is 34.6. The molecule has 0 aliphatic heterocycles. The number of hydrogen-bond acceptors (Lipinski definition) is 6.